The van der Waals surface area contributed by atoms with Crippen molar-refractivity contribution in [2.45, 2.75) is 44.8 Å². The third-order valence-electron chi connectivity index (χ3n) is 5.66. The molecule has 0 saturated heterocycles. The van der Waals surface area contributed by atoms with Crippen molar-refractivity contribution in [1.29, 1.82) is 0 Å². The molecule has 1 aromatic heterocycles. The Morgan fingerprint density at radius 2 is 1.81 bits per heavy atom. The van der Waals surface area contributed by atoms with Crippen molar-refractivity contribution in [3.8, 4) is 0 Å². The molecule has 0 unspecified atom stereocenters. The number of urea groups is 1. The molecule has 32 heavy (non-hydrogen) atoms. The van der Waals surface area contributed by atoms with Crippen LogP contribution in [0.1, 0.15) is 25.5 Å². The van der Waals surface area contributed by atoms with Crippen molar-refractivity contribution >= 4 is 35.1 Å². The Balaban J connectivity index is 1.32. The largest absolute Gasteiger partial charge is 0.351 e. The molecule has 1 aliphatic carbocycles. The van der Waals surface area contributed by atoms with Crippen molar-refractivity contribution in [1.82, 2.24) is 15.3 Å². The predicted molar refractivity (Wildman–Crippen MR) is 112 cm³/mol. The lowest BCUT2D eigenvalue weighted by atomic mass is 9.87. The van der Waals surface area contributed by atoms with Gasteiger partial charge in [-0.25, -0.2) is 22.9 Å². The average Bonchev–Trinajstić information content (AvgIpc) is 2.69. The second kappa shape index (κ2) is 8.17. The van der Waals surface area contributed by atoms with Crippen LogP contribution in [0.4, 0.5) is 41.1 Å². The lowest BCUT2D eigenvalue weighted by Gasteiger charge is -2.37. The number of aryl methyl sites for hydroxylation is 1. The van der Waals surface area contributed by atoms with E-state index in [4.69, 9.17) is 0 Å². The van der Waals surface area contributed by atoms with Crippen LogP contribution in [0.2, 0.25) is 0 Å². The van der Waals surface area contributed by atoms with Crippen LogP contribution < -0.4 is 26.2 Å². The maximum atomic E-state index is 13.3. The number of halogens is 3. The molecule has 4 rings (SSSR count). The van der Waals surface area contributed by atoms with E-state index in [0.29, 0.717) is 48.1 Å². The van der Waals surface area contributed by atoms with Crippen molar-refractivity contribution in [2.24, 2.45) is 0 Å². The Morgan fingerprint density at radius 3 is 2.47 bits per heavy atom. The average molecular weight is 449 g/mol. The van der Waals surface area contributed by atoms with Gasteiger partial charge in [-0.3, -0.25) is 4.79 Å². The summed E-state index contributed by atoms with van der Waals surface area (Å²) < 4.78 is 39.5. The zero-order valence-corrected chi connectivity index (χ0v) is 17.6. The molecule has 1 aliphatic heterocycles. The number of hydrogen-bond donors (Lipinski definition) is 4. The number of nitrogens with zero attached hydrogens (tertiary/aromatic N) is 3. The summed E-state index contributed by atoms with van der Waals surface area (Å²) in [6.07, 6.45) is 1.17. The van der Waals surface area contributed by atoms with E-state index in [9.17, 15) is 22.8 Å². The van der Waals surface area contributed by atoms with Crippen molar-refractivity contribution < 1.29 is 22.8 Å². The third-order valence-corrected chi connectivity index (χ3v) is 5.66. The second-order valence-electron chi connectivity index (χ2n) is 7.97. The zero-order valence-electron chi connectivity index (χ0n) is 17.6. The van der Waals surface area contributed by atoms with Crippen LogP contribution in [0.25, 0.3) is 0 Å². The molecule has 1 fully saturated rings. The molecule has 2 aliphatic rings. The number of nitrogens with one attached hydrogen (secondary N) is 4. The highest BCUT2D eigenvalue weighted by Gasteiger charge is 2.33. The fraction of sp³-hybridized carbons (Fsp3) is 0.400. The van der Waals surface area contributed by atoms with Gasteiger partial charge in [0.05, 0.1) is 5.69 Å². The minimum atomic E-state index is -1.59. The molecule has 12 heteroatoms. The molecular weight excluding hydrogens is 427 g/mol. The van der Waals surface area contributed by atoms with Gasteiger partial charge < -0.3 is 26.2 Å². The third kappa shape index (κ3) is 4.12. The SMILES string of the molecule is Cc1nc(N[C@H]2C[C@@H](NC(=O)Nc3cc(F)c(F)c(F)c3)C2)nc2c1NC(=O)[C@H](C)N2C. The Hall–Kier alpha value is -3.57. The molecule has 2 heterocycles. The molecule has 1 atom stereocenters. The molecule has 1 aromatic carbocycles. The van der Waals surface area contributed by atoms with Crippen molar-refractivity contribution in [3.63, 3.8) is 0 Å². The van der Waals surface area contributed by atoms with E-state index in [1.54, 1.807) is 25.8 Å². The fourth-order valence-corrected chi connectivity index (χ4v) is 3.63. The molecule has 9 nitrogen and oxygen atoms in total. The first-order chi connectivity index (χ1) is 15.1. The molecular formula is C20H22F3N7O2. The highest BCUT2D eigenvalue weighted by molar-refractivity contribution is 6.03. The lowest BCUT2D eigenvalue weighted by Crippen LogP contribution is -2.51. The number of likely N-dealkylation sites (N-methyl/N-ethyl adjacent to an activating group) is 1. The van der Waals surface area contributed by atoms with E-state index >= 15 is 0 Å². The van der Waals surface area contributed by atoms with Gasteiger partial charge in [-0.1, -0.05) is 0 Å². The number of benzene rings is 1. The normalized spacial score (nSPS) is 21.9. The van der Waals surface area contributed by atoms with Crippen molar-refractivity contribution in [3.05, 3.63) is 35.3 Å². The first kappa shape index (κ1) is 21.7. The summed E-state index contributed by atoms with van der Waals surface area (Å²) in [6.45, 7) is 3.57. The standard InChI is InChI=1S/C20H22F3N7O2/c1-8-16-17(30(3)9(2)18(31)28-16)29-19(24-8)25-10-4-11(5-10)26-20(32)27-12-6-13(21)15(23)14(22)7-12/h6-7,9-11H,4-5H2,1-3H3,(H,28,31)(H,24,25,29)(H2,26,27,32)/t9-,10-,11+/m0/s1. The predicted octanol–water partition coefficient (Wildman–Crippen LogP) is 2.74. The minimum Gasteiger partial charge on any atom is -0.351 e. The van der Waals surface area contributed by atoms with Gasteiger partial charge in [0.15, 0.2) is 23.3 Å². The van der Waals surface area contributed by atoms with Crippen LogP contribution in [0.5, 0.6) is 0 Å². The van der Waals surface area contributed by atoms with E-state index < -0.39 is 23.5 Å². The molecule has 4 N–H and O–H groups in total. The highest BCUT2D eigenvalue weighted by Crippen LogP contribution is 2.33. The number of carbonyl (C=O) groups excluding carboxylic acids is 2. The summed E-state index contributed by atoms with van der Waals surface area (Å²) in [7, 11) is 1.79. The molecule has 2 aromatic rings. The van der Waals surface area contributed by atoms with Gasteiger partial charge in [0, 0.05) is 37.0 Å². The van der Waals surface area contributed by atoms with E-state index in [1.165, 1.54) is 0 Å². The van der Waals surface area contributed by atoms with E-state index in [2.05, 4.69) is 31.2 Å². The molecule has 0 bridgehead atoms. The number of hydrogen-bond acceptors (Lipinski definition) is 6. The van der Waals surface area contributed by atoms with Crippen LogP contribution >= 0.6 is 0 Å². The Morgan fingerprint density at radius 1 is 1.16 bits per heavy atom. The van der Waals surface area contributed by atoms with Crippen LogP contribution in [-0.2, 0) is 4.79 Å². The first-order valence-electron chi connectivity index (χ1n) is 10.0. The number of anilines is 4. The number of fused-ring (bicyclic) bond motifs is 1. The van der Waals surface area contributed by atoms with Crippen LogP contribution in [0.3, 0.4) is 0 Å². The van der Waals surface area contributed by atoms with Crippen molar-refractivity contribution in [2.75, 3.05) is 27.9 Å². The van der Waals surface area contributed by atoms with E-state index in [1.807, 2.05) is 0 Å². The second-order valence-corrected chi connectivity index (χ2v) is 7.97. The van der Waals surface area contributed by atoms with Gasteiger partial charge in [0.2, 0.25) is 11.9 Å². The molecule has 170 valence electrons. The van der Waals surface area contributed by atoms with Gasteiger partial charge in [0.25, 0.3) is 0 Å². The fourth-order valence-electron chi connectivity index (χ4n) is 3.63. The Bertz CT molecular complexity index is 1070. The van der Waals surface area contributed by atoms with Crippen LogP contribution in [-0.4, -0.2) is 47.1 Å². The van der Waals surface area contributed by atoms with Crippen LogP contribution in [0.15, 0.2) is 12.1 Å². The molecule has 3 amide bonds. The number of aromatic nitrogens is 2. The summed E-state index contributed by atoms with van der Waals surface area (Å²) in [5, 5.41) is 11.0. The molecule has 1 saturated carbocycles. The Kier molecular flexibility index (Phi) is 5.53. The molecule has 0 spiro atoms. The Labute approximate surface area is 181 Å². The monoisotopic (exact) mass is 449 g/mol. The maximum absolute atomic E-state index is 13.3. The van der Waals surface area contributed by atoms with Gasteiger partial charge in [-0.2, -0.15) is 4.98 Å². The summed E-state index contributed by atoms with van der Waals surface area (Å²) in [5.41, 5.74) is 1.03. The van der Waals surface area contributed by atoms with Crippen LogP contribution in [0, 0.1) is 24.4 Å². The summed E-state index contributed by atoms with van der Waals surface area (Å²) >= 11 is 0. The van der Waals surface area contributed by atoms with E-state index in [0.717, 1.165) is 0 Å². The van der Waals surface area contributed by atoms with Gasteiger partial charge in [-0.05, 0) is 26.7 Å². The van der Waals surface area contributed by atoms with E-state index in [-0.39, 0.29) is 29.7 Å². The number of rotatable bonds is 4. The first-order valence-corrected chi connectivity index (χ1v) is 10.0. The highest BCUT2D eigenvalue weighted by atomic mass is 19.2. The smallest absolute Gasteiger partial charge is 0.319 e. The summed E-state index contributed by atoms with van der Waals surface area (Å²) in [6, 6.07) is 0.260. The van der Waals surface area contributed by atoms with Gasteiger partial charge in [0.1, 0.15) is 11.7 Å². The lowest BCUT2D eigenvalue weighted by molar-refractivity contribution is -0.117. The topological polar surface area (TPSA) is 111 Å². The zero-order chi connectivity index (χ0) is 23.2. The maximum Gasteiger partial charge on any atom is 0.319 e. The quantitative estimate of drug-likeness (QED) is 0.535. The minimum absolute atomic E-state index is 0.0133. The summed E-state index contributed by atoms with van der Waals surface area (Å²) in [5.74, 6) is -3.43. The number of amides is 3. The van der Waals surface area contributed by atoms with Gasteiger partial charge >= 0.3 is 6.03 Å². The van der Waals surface area contributed by atoms with Gasteiger partial charge in [-0.15, -0.1) is 0 Å². The molecule has 0 radical (unpaired) electrons. The summed E-state index contributed by atoms with van der Waals surface area (Å²) in [4.78, 5) is 34.7. The number of carbonyl (C=O) groups is 2.